The smallest absolute Gasteiger partial charge is 0.274 e. The zero-order valence-corrected chi connectivity index (χ0v) is 13.5. The van der Waals surface area contributed by atoms with Crippen molar-refractivity contribution in [2.75, 3.05) is 18.8 Å². The summed E-state index contributed by atoms with van der Waals surface area (Å²) in [4.78, 5) is 11.5. The van der Waals surface area contributed by atoms with Crippen molar-refractivity contribution >= 4 is 15.9 Å². The molecule has 0 saturated carbocycles. The van der Waals surface area contributed by atoms with Crippen LogP contribution in [-0.2, 0) is 22.9 Å². The van der Waals surface area contributed by atoms with Crippen LogP contribution >= 0.6 is 0 Å². The lowest BCUT2D eigenvalue weighted by atomic mass is 9.96. The minimum Gasteiger partial charge on any atom is -0.288 e. The second-order valence-corrected chi connectivity index (χ2v) is 7.58. The highest BCUT2D eigenvalue weighted by Crippen LogP contribution is 2.20. The van der Waals surface area contributed by atoms with Crippen LogP contribution in [0.4, 0.5) is 0 Å². The first-order valence-corrected chi connectivity index (χ1v) is 9.13. The number of hydroxylamine groups is 1. The molecule has 0 aliphatic carbocycles. The molecule has 1 aliphatic heterocycles. The zero-order valence-electron chi connectivity index (χ0n) is 12.7. The number of aryl methyl sites for hydroxylation is 1. The molecule has 22 heavy (non-hydrogen) atoms. The lowest BCUT2D eigenvalue weighted by Crippen LogP contribution is -2.36. The molecule has 0 fully saturated rings. The van der Waals surface area contributed by atoms with Crippen molar-refractivity contribution in [3.8, 4) is 0 Å². The maximum absolute atomic E-state index is 12.2. The Morgan fingerprint density at radius 2 is 2.05 bits per heavy atom. The monoisotopic (exact) mass is 326 g/mol. The van der Waals surface area contributed by atoms with E-state index in [1.807, 2.05) is 13.0 Å². The van der Waals surface area contributed by atoms with E-state index in [1.165, 1.54) is 0 Å². The topological polar surface area (TPSA) is 86.7 Å². The number of hydrogen-bond donors (Lipinski definition) is 2. The van der Waals surface area contributed by atoms with Crippen LogP contribution in [0.5, 0.6) is 0 Å². The van der Waals surface area contributed by atoms with Gasteiger partial charge in [0.1, 0.15) is 0 Å². The molecule has 0 aromatic heterocycles. The minimum absolute atomic E-state index is 0.173. The first kappa shape index (κ1) is 16.9. The Labute approximate surface area is 131 Å². The van der Waals surface area contributed by atoms with Gasteiger partial charge in [-0.25, -0.2) is 18.2 Å². The normalized spacial score (nSPS) is 16.5. The largest absolute Gasteiger partial charge is 0.288 e. The molecular formula is C15H22N2O4S. The highest BCUT2D eigenvalue weighted by atomic mass is 32.2. The van der Waals surface area contributed by atoms with Crippen LogP contribution in [0.3, 0.4) is 0 Å². The molecule has 0 atom stereocenters. The quantitative estimate of drug-likeness (QED) is 0.646. The van der Waals surface area contributed by atoms with Gasteiger partial charge in [-0.3, -0.25) is 10.0 Å². The molecule has 6 nitrogen and oxygen atoms in total. The molecule has 1 aromatic carbocycles. The Balaban J connectivity index is 2.21. The molecular weight excluding hydrogens is 304 g/mol. The average molecular weight is 326 g/mol. The van der Waals surface area contributed by atoms with E-state index >= 15 is 0 Å². The van der Waals surface area contributed by atoms with E-state index in [0.717, 1.165) is 24.0 Å². The summed E-state index contributed by atoms with van der Waals surface area (Å²) in [6, 6.07) is 5.30. The molecule has 7 heteroatoms. The van der Waals surface area contributed by atoms with Gasteiger partial charge in [-0.15, -0.1) is 0 Å². The van der Waals surface area contributed by atoms with E-state index in [-0.39, 0.29) is 5.75 Å². The Morgan fingerprint density at radius 1 is 1.27 bits per heavy atom. The third-order valence-corrected chi connectivity index (χ3v) is 5.99. The van der Waals surface area contributed by atoms with E-state index in [2.05, 4.69) is 0 Å². The lowest BCUT2D eigenvalue weighted by Gasteiger charge is -2.25. The van der Waals surface area contributed by atoms with Gasteiger partial charge in [0.05, 0.1) is 5.75 Å². The summed E-state index contributed by atoms with van der Waals surface area (Å²) >= 11 is 0. The summed E-state index contributed by atoms with van der Waals surface area (Å²) in [7, 11) is -3.19. The number of amides is 1. The van der Waals surface area contributed by atoms with Crippen molar-refractivity contribution in [1.82, 2.24) is 9.79 Å². The third kappa shape index (κ3) is 3.85. The highest BCUT2D eigenvalue weighted by molar-refractivity contribution is 7.89. The predicted molar refractivity (Wildman–Crippen MR) is 83.4 cm³/mol. The zero-order chi connectivity index (χ0) is 16.2. The number of benzene rings is 1. The summed E-state index contributed by atoms with van der Waals surface area (Å²) in [5, 5.41) is 8.71. The van der Waals surface area contributed by atoms with Crippen LogP contribution in [0.1, 0.15) is 41.3 Å². The lowest BCUT2D eigenvalue weighted by molar-refractivity contribution is 0.0706. The number of hydrogen-bond acceptors (Lipinski definition) is 4. The predicted octanol–water partition coefficient (Wildman–Crippen LogP) is 1.34. The second kappa shape index (κ2) is 7.21. The fourth-order valence-corrected chi connectivity index (χ4v) is 4.33. The Bertz CT molecular complexity index is 643. The first-order chi connectivity index (χ1) is 10.5. The molecule has 0 saturated heterocycles. The van der Waals surface area contributed by atoms with Crippen LogP contribution in [0.2, 0.25) is 0 Å². The average Bonchev–Trinajstić information content (AvgIpc) is 2.46. The van der Waals surface area contributed by atoms with Crippen molar-refractivity contribution in [3.63, 3.8) is 0 Å². The van der Waals surface area contributed by atoms with Crippen molar-refractivity contribution in [1.29, 1.82) is 0 Å². The summed E-state index contributed by atoms with van der Waals surface area (Å²) in [6.07, 6.45) is 2.73. The highest BCUT2D eigenvalue weighted by Gasteiger charge is 2.23. The fraction of sp³-hybridized carbons (Fsp3) is 0.533. The number of carbonyl (C=O) groups is 1. The Kier molecular flexibility index (Phi) is 5.55. The van der Waals surface area contributed by atoms with Crippen LogP contribution in [0, 0.1) is 0 Å². The van der Waals surface area contributed by atoms with E-state index in [4.69, 9.17) is 5.21 Å². The molecule has 0 unspecified atom stereocenters. The number of nitrogens with one attached hydrogen (secondary N) is 1. The van der Waals surface area contributed by atoms with Gasteiger partial charge >= 0.3 is 0 Å². The summed E-state index contributed by atoms with van der Waals surface area (Å²) in [5.74, 6) is -0.382. The fourth-order valence-electron chi connectivity index (χ4n) is 2.78. The number of rotatable bonds is 4. The maximum atomic E-state index is 12.2. The molecule has 1 aromatic rings. The van der Waals surface area contributed by atoms with E-state index < -0.39 is 15.9 Å². The first-order valence-electron chi connectivity index (χ1n) is 7.52. The van der Waals surface area contributed by atoms with Gasteiger partial charge in [0.2, 0.25) is 10.0 Å². The molecule has 0 radical (unpaired) electrons. The van der Waals surface area contributed by atoms with Crippen molar-refractivity contribution in [2.24, 2.45) is 0 Å². The molecule has 0 spiro atoms. The van der Waals surface area contributed by atoms with Crippen molar-refractivity contribution in [2.45, 2.75) is 32.6 Å². The molecule has 2 N–H and O–H groups in total. The molecule has 1 heterocycles. The molecule has 1 amide bonds. The maximum Gasteiger partial charge on any atom is 0.274 e. The molecule has 2 rings (SSSR count). The Morgan fingerprint density at radius 3 is 2.73 bits per heavy atom. The number of fused-ring (bicyclic) bond motifs is 1. The summed E-state index contributed by atoms with van der Waals surface area (Å²) in [5.41, 5.74) is 4.11. The number of nitrogens with zero attached hydrogens (tertiary/aromatic N) is 1. The van der Waals surface area contributed by atoms with Crippen molar-refractivity contribution in [3.05, 3.63) is 34.9 Å². The van der Waals surface area contributed by atoms with Gasteiger partial charge in [-0.2, -0.15) is 0 Å². The minimum atomic E-state index is -3.19. The number of sulfonamides is 1. The standard InChI is InChI=1S/C15H22N2O4S/c1-2-10-22(20,21)17-8-3-4-12-5-6-14(15(18)16-19)11-13(12)7-9-17/h5-6,11,19H,2-4,7-10H2,1H3,(H,16,18). The van der Waals surface area contributed by atoms with Crippen molar-refractivity contribution < 1.29 is 18.4 Å². The van der Waals surface area contributed by atoms with Gasteiger partial charge in [0.25, 0.3) is 5.91 Å². The van der Waals surface area contributed by atoms with Gasteiger partial charge < -0.3 is 0 Å². The van der Waals surface area contributed by atoms with Crippen LogP contribution in [0.25, 0.3) is 0 Å². The molecule has 0 bridgehead atoms. The van der Waals surface area contributed by atoms with Crippen LogP contribution < -0.4 is 5.48 Å². The summed E-state index contributed by atoms with van der Waals surface area (Å²) in [6.45, 7) is 2.83. The van der Waals surface area contributed by atoms with Gasteiger partial charge in [-0.05, 0) is 48.9 Å². The van der Waals surface area contributed by atoms with E-state index in [0.29, 0.717) is 31.5 Å². The van der Waals surface area contributed by atoms with Gasteiger partial charge in [0.15, 0.2) is 0 Å². The second-order valence-electron chi connectivity index (χ2n) is 5.49. The van der Waals surface area contributed by atoms with Gasteiger partial charge in [-0.1, -0.05) is 13.0 Å². The third-order valence-electron chi connectivity index (χ3n) is 3.91. The van der Waals surface area contributed by atoms with E-state index in [9.17, 15) is 13.2 Å². The SMILES string of the molecule is CCCS(=O)(=O)N1CCCc2ccc(C(=O)NO)cc2CC1. The summed E-state index contributed by atoms with van der Waals surface area (Å²) < 4.78 is 26.0. The molecule has 1 aliphatic rings. The van der Waals surface area contributed by atoms with Crippen LogP contribution in [0.15, 0.2) is 18.2 Å². The number of carbonyl (C=O) groups excluding carboxylic acids is 1. The van der Waals surface area contributed by atoms with Crippen LogP contribution in [-0.4, -0.2) is 42.7 Å². The molecule has 122 valence electrons. The Hall–Kier alpha value is -1.44. The van der Waals surface area contributed by atoms with E-state index in [1.54, 1.807) is 21.9 Å². The van der Waals surface area contributed by atoms with Gasteiger partial charge in [0, 0.05) is 18.7 Å².